The van der Waals surface area contributed by atoms with E-state index in [1.807, 2.05) is 18.3 Å². The molecule has 3 aromatic rings. The molecule has 1 heteroatoms. The van der Waals surface area contributed by atoms with Crippen LogP contribution in [-0.4, -0.2) is 4.98 Å². The maximum Gasteiger partial charge on any atom is 0.0708 e. The zero-order chi connectivity index (χ0) is 15.6. The number of hydrogen-bond acceptors (Lipinski definition) is 1. The molecule has 0 aliphatic rings. The lowest BCUT2D eigenvalue weighted by atomic mass is 9.85. The van der Waals surface area contributed by atoms with Crippen LogP contribution in [0.25, 0.3) is 22.4 Å². The summed E-state index contributed by atoms with van der Waals surface area (Å²) < 4.78 is 0. The van der Waals surface area contributed by atoms with Gasteiger partial charge in [0.2, 0.25) is 0 Å². The molecule has 0 N–H and O–H groups in total. The van der Waals surface area contributed by atoms with E-state index in [-0.39, 0.29) is 5.41 Å². The number of nitrogens with zero attached hydrogens (tertiary/aromatic N) is 1. The minimum Gasteiger partial charge on any atom is -0.256 e. The van der Waals surface area contributed by atoms with Crippen LogP contribution in [0.1, 0.15) is 26.3 Å². The fourth-order valence-corrected chi connectivity index (χ4v) is 2.63. The molecule has 3 rings (SSSR count). The Morgan fingerprint density at radius 3 is 2.14 bits per heavy atom. The second-order valence-electron chi connectivity index (χ2n) is 6.59. The van der Waals surface area contributed by atoms with Crippen molar-refractivity contribution >= 4 is 0 Å². The largest absolute Gasteiger partial charge is 0.256 e. The second kappa shape index (κ2) is 5.76. The van der Waals surface area contributed by atoms with Crippen LogP contribution < -0.4 is 0 Å². The Kier molecular flexibility index (Phi) is 3.81. The summed E-state index contributed by atoms with van der Waals surface area (Å²) in [5.41, 5.74) is 6.16. The Labute approximate surface area is 132 Å². The summed E-state index contributed by atoms with van der Waals surface area (Å²) in [5.74, 6) is 0. The molecule has 0 fully saturated rings. The van der Waals surface area contributed by atoms with Crippen molar-refractivity contribution in [2.45, 2.75) is 26.2 Å². The molecule has 110 valence electrons. The summed E-state index contributed by atoms with van der Waals surface area (Å²) in [5, 5.41) is 0. The van der Waals surface area contributed by atoms with Crippen molar-refractivity contribution in [3.05, 3.63) is 78.5 Å². The van der Waals surface area contributed by atoms with Gasteiger partial charge in [-0.05, 0) is 34.2 Å². The van der Waals surface area contributed by atoms with Crippen molar-refractivity contribution < 1.29 is 0 Å². The average Bonchev–Trinajstić information content (AvgIpc) is 2.55. The van der Waals surface area contributed by atoms with Crippen LogP contribution in [-0.2, 0) is 5.41 Å². The van der Waals surface area contributed by atoms with Gasteiger partial charge in [0.05, 0.1) is 5.69 Å². The molecule has 1 aromatic heterocycles. The lowest BCUT2D eigenvalue weighted by Crippen LogP contribution is -2.10. The summed E-state index contributed by atoms with van der Waals surface area (Å²) in [6, 6.07) is 23.3. The zero-order valence-electron chi connectivity index (χ0n) is 13.4. The van der Waals surface area contributed by atoms with Crippen molar-refractivity contribution in [1.82, 2.24) is 4.98 Å². The Morgan fingerprint density at radius 1 is 0.727 bits per heavy atom. The van der Waals surface area contributed by atoms with Crippen LogP contribution in [0.15, 0.2) is 72.9 Å². The molecule has 0 saturated carbocycles. The maximum atomic E-state index is 4.51. The van der Waals surface area contributed by atoms with E-state index in [4.69, 9.17) is 0 Å². The summed E-state index contributed by atoms with van der Waals surface area (Å²) in [6.45, 7) is 6.74. The molecule has 1 nitrogen and oxygen atoms in total. The van der Waals surface area contributed by atoms with Crippen LogP contribution in [0.2, 0.25) is 0 Å². The van der Waals surface area contributed by atoms with Crippen LogP contribution in [0, 0.1) is 0 Å². The molecule has 0 radical (unpaired) electrons. The molecule has 2 aromatic carbocycles. The molecule has 22 heavy (non-hydrogen) atoms. The van der Waals surface area contributed by atoms with Gasteiger partial charge in [-0.2, -0.15) is 0 Å². The summed E-state index contributed by atoms with van der Waals surface area (Å²) >= 11 is 0. The van der Waals surface area contributed by atoms with Crippen LogP contribution in [0.5, 0.6) is 0 Å². The first kappa shape index (κ1) is 14.5. The lowest BCUT2D eigenvalue weighted by Gasteiger charge is -2.20. The monoisotopic (exact) mass is 287 g/mol. The predicted molar refractivity (Wildman–Crippen MR) is 93.8 cm³/mol. The van der Waals surface area contributed by atoms with E-state index >= 15 is 0 Å². The van der Waals surface area contributed by atoms with Gasteiger partial charge in [0, 0.05) is 11.8 Å². The molecule has 0 atom stereocenters. The molecule has 0 saturated heterocycles. The lowest BCUT2D eigenvalue weighted by molar-refractivity contribution is 0.590. The van der Waals surface area contributed by atoms with Crippen LogP contribution in [0.4, 0.5) is 0 Å². The van der Waals surface area contributed by atoms with E-state index < -0.39 is 0 Å². The minimum atomic E-state index is 0.149. The summed E-state index contributed by atoms with van der Waals surface area (Å²) in [7, 11) is 0. The molecule has 0 unspecified atom stereocenters. The van der Waals surface area contributed by atoms with Gasteiger partial charge in [-0.25, -0.2) is 0 Å². The van der Waals surface area contributed by atoms with Gasteiger partial charge >= 0.3 is 0 Å². The number of pyridine rings is 1. The van der Waals surface area contributed by atoms with E-state index in [2.05, 4.69) is 80.4 Å². The Bertz CT molecular complexity index is 767. The van der Waals surface area contributed by atoms with Gasteiger partial charge in [0.25, 0.3) is 0 Å². The van der Waals surface area contributed by atoms with Crippen LogP contribution >= 0.6 is 0 Å². The smallest absolute Gasteiger partial charge is 0.0708 e. The average molecular weight is 287 g/mol. The molecule has 0 spiro atoms. The number of rotatable bonds is 2. The molecule has 0 amide bonds. The highest BCUT2D eigenvalue weighted by atomic mass is 14.7. The van der Waals surface area contributed by atoms with Crippen LogP contribution in [0.3, 0.4) is 0 Å². The summed E-state index contributed by atoms with van der Waals surface area (Å²) in [4.78, 5) is 4.51. The minimum absolute atomic E-state index is 0.149. The second-order valence-corrected chi connectivity index (χ2v) is 6.59. The first-order valence-corrected chi connectivity index (χ1v) is 7.67. The third-order valence-corrected chi connectivity index (χ3v) is 3.91. The van der Waals surface area contributed by atoms with Crippen molar-refractivity contribution in [2.24, 2.45) is 0 Å². The molecule has 0 bridgehead atoms. The Balaban J connectivity index is 2.14. The van der Waals surface area contributed by atoms with E-state index in [1.54, 1.807) is 0 Å². The van der Waals surface area contributed by atoms with Gasteiger partial charge in [-0.15, -0.1) is 0 Å². The maximum absolute atomic E-state index is 4.51. The van der Waals surface area contributed by atoms with Crippen molar-refractivity contribution in [2.75, 3.05) is 0 Å². The predicted octanol–water partition coefficient (Wildman–Crippen LogP) is 5.71. The highest BCUT2D eigenvalue weighted by Gasteiger charge is 2.15. The van der Waals surface area contributed by atoms with Crippen molar-refractivity contribution in [3.8, 4) is 22.4 Å². The Morgan fingerprint density at radius 2 is 1.45 bits per heavy atom. The molecular formula is C21H21N. The molecule has 1 heterocycles. The number of hydrogen-bond donors (Lipinski definition) is 0. The Hall–Kier alpha value is -2.41. The standard InChI is InChI=1S/C21H21N/c1-21(2,3)17-10-8-9-16(15-17)18-11-4-5-12-19(18)20-13-6-7-14-22-20/h4-15H,1-3H3. The van der Waals surface area contributed by atoms with E-state index in [9.17, 15) is 0 Å². The number of benzene rings is 2. The van der Waals surface area contributed by atoms with Crippen molar-refractivity contribution in [3.63, 3.8) is 0 Å². The fourth-order valence-electron chi connectivity index (χ4n) is 2.63. The van der Waals surface area contributed by atoms with E-state index in [0.29, 0.717) is 0 Å². The topological polar surface area (TPSA) is 12.9 Å². The van der Waals surface area contributed by atoms with Gasteiger partial charge < -0.3 is 0 Å². The number of aromatic nitrogens is 1. The van der Waals surface area contributed by atoms with E-state index in [1.165, 1.54) is 22.3 Å². The normalized spacial score (nSPS) is 11.4. The van der Waals surface area contributed by atoms with E-state index in [0.717, 1.165) is 5.69 Å². The summed E-state index contributed by atoms with van der Waals surface area (Å²) in [6.07, 6.45) is 1.84. The first-order chi connectivity index (χ1) is 10.6. The van der Waals surface area contributed by atoms with Gasteiger partial charge in [-0.1, -0.05) is 75.4 Å². The zero-order valence-corrected chi connectivity index (χ0v) is 13.4. The molecule has 0 aliphatic heterocycles. The van der Waals surface area contributed by atoms with Crippen molar-refractivity contribution in [1.29, 1.82) is 0 Å². The molecule has 0 aliphatic carbocycles. The highest BCUT2D eigenvalue weighted by Crippen LogP contribution is 2.33. The van der Waals surface area contributed by atoms with Gasteiger partial charge in [0.1, 0.15) is 0 Å². The highest BCUT2D eigenvalue weighted by molar-refractivity contribution is 5.82. The first-order valence-electron chi connectivity index (χ1n) is 7.67. The fraction of sp³-hybridized carbons (Fsp3) is 0.190. The SMILES string of the molecule is CC(C)(C)c1cccc(-c2ccccc2-c2ccccn2)c1. The third kappa shape index (κ3) is 2.94. The quantitative estimate of drug-likeness (QED) is 0.588. The van der Waals surface area contributed by atoms with Gasteiger partial charge in [-0.3, -0.25) is 4.98 Å². The van der Waals surface area contributed by atoms with Gasteiger partial charge in [0.15, 0.2) is 0 Å². The third-order valence-electron chi connectivity index (χ3n) is 3.91. The molecular weight excluding hydrogens is 266 g/mol.